The lowest BCUT2D eigenvalue weighted by Crippen LogP contribution is -2.27. The molecule has 2 rings (SSSR count). The third-order valence-electron chi connectivity index (χ3n) is 2.51. The van der Waals surface area contributed by atoms with E-state index in [0.717, 1.165) is 0 Å². The van der Waals surface area contributed by atoms with E-state index in [1.54, 1.807) is 48.7 Å². The minimum atomic E-state index is -1.21. The summed E-state index contributed by atoms with van der Waals surface area (Å²) in [6.45, 7) is 0. The summed E-state index contributed by atoms with van der Waals surface area (Å²) in [5.74, 6) is -1.68. The Labute approximate surface area is 115 Å². The summed E-state index contributed by atoms with van der Waals surface area (Å²) >= 11 is 0. The third kappa shape index (κ3) is 3.52. The molecular formula is C15H12N2O3. The van der Waals surface area contributed by atoms with Crippen molar-refractivity contribution in [2.75, 3.05) is 0 Å². The van der Waals surface area contributed by atoms with E-state index in [-0.39, 0.29) is 5.70 Å². The van der Waals surface area contributed by atoms with Gasteiger partial charge in [0.25, 0.3) is 5.91 Å². The largest absolute Gasteiger partial charge is 0.477 e. The van der Waals surface area contributed by atoms with E-state index in [0.29, 0.717) is 11.1 Å². The van der Waals surface area contributed by atoms with Crippen molar-refractivity contribution in [1.82, 2.24) is 10.3 Å². The number of carboxylic acid groups (broad SMARTS) is 1. The predicted molar refractivity (Wildman–Crippen MR) is 73.8 cm³/mol. The van der Waals surface area contributed by atoms with Gasteiger partial charge in [0.1, 0.15) is 5.70 Å². The fraction of sp³-hybridized carbons (Fsp3) is 0. The van der Waals surface area contributed by atoms with Crippen molar-refractivity contribution >= 4 is 18.0 Å². The van der Waals surface area contributed by atoms with Gasteiger partial charge in [0, 0.05) is 18.0 Å². The lowest BCUT2D eigenvalue weighted by atomic mass is 10.2. The van der Waals surface area contributed by atoms with Crippen molar-refractivity contribution in [3.05, 3.63) is 71.7 Å². The Hall–Kier alpha value is -2.95. The Morgan fingerprint density at radius 2 is 1.85 bits per heavy atom. The van der Waals surface area contributed by atoms with Crippen LogP contribution in [0.3, 0.4) is 0 Å². The minimum Gasteiger partial charge on any atom is -0.477 e. The minimum absolute atomic E-state index is 0.202. The number of carbonyl (C=O) groups is 2. The molecule has 20 heavy (non-hydrogen) atoms. The molecule has 0 radical (unpaired) electrons. The van der Waals surface area contributed by atoms with Crippen LogP contribution in [-0.4, -0.2) is 22.0 Å². The molecule has 100 valence electrons. The van der Waals surface area contributed by atoms with Gasteiger partial charge < -0.3 is 10.4 Å². The summed E-state index contributed by atoms with van der Waals surface area (Å²) in [6, 6.07) is 11.8. The monoisotopic (exact) mass is 268 g/mol. The van der Waals surface area contributed by atoms with E-state index in [9.17, 15) is 9.59 Å². The molecule has 0 saturated carbocycles. The molecule has 1 aromatic carbocycles. The number of rotatable bonds is 4. The summed E-state index contributed by atoms with van der Waals surface area (Å²) in [7, 11) is 0. The van der Waals surface area contributed by atoms with E-state index in [1.165, 1.54) is 12.3 Å². The maximum absolute atomic E-state index is 11.9. The number of pyridine rings is 1. The number of carboxylic acids is 1. The Morgan fingerprint density at radius 3 is 2.45 bits per heavy atom. The number of benzene rings is 1. The smallest absolute Gasteiger partial charge is 0.352 e. The zero-order valence-electron chi connectivity index (χ0n) is 10.5. The second-order valence-corrected chi connectivity index (χ2v) is 3.97. The molecule has 0 saturated heterocycles. The van der Waals surface area contributed by atoms with Crippen LogP contribution >= 0.6 is 0 Å². The molecular weight excluding hydrogens is 256 g/mol. The van der Waals surface area contributed by atoms with Gasteiger partial charge in [0.15, 0.2) is 0 Å². The summed E-state index contributed by atoms with van der Waals surface area (Å²) < 4.78 is 0. The van der Waals surface area contributed by atoms with Gasteiger partial charge in [-0.05, 0) is 29.8 Å². The first-order valence-corrected chi connectivity index (χ1v) is 5.88. The van der Waals surface area contributed by atoms with Crippen LogP contribution in [0.15, 0.2) is 60.6 Å². The molecule has 0 aliphatic heterocycles. The van der Waals surface area contributed by atoms with E-state index < -0.39 is 11.9 Å². The molecule has 5 heteroatoms. The normalized spacial score (nSPS) is 10.9. The zero-order chi connectivity index (χ0) is 14.4. The first-order valence-electron chi connectivity index (χ1n) is 5.88. The number of aromatic nitrogens is 1. The lowest BCUT2D eigenvalue weighted by Gasteiger charge is -2.06. The second kappa shape index (κ2) is 6.29. The topological polar surface area (TPSA) is 79.3 Å². The molecule has 0 atom stereocenters. The molecule has 2 aromatic rings. The van der Waals surface area contributed by atoms with Crippen LogP contribution in [0.2, 0.25) is 0 Å². The van der Waals surface area contributed by atoms with Gasteiger partial charge in [0.2, 0.25) is 0 Å². The summed E-state index contributed by atoms with van der Waals surface area (Å²) in [6.07, 6.45) is 4.45. The molecule has 0 spiro atoms. The van der Waals surface area contributed by atoms with E-state index >= 15 is 0 Å². The molecule has 5 nitrogen and oxygen atoms in total. The molecule has 1 amide bonds. The van der Waals surface area contributed by atoms with Crippen molar-refractivity contribution in [2.45, 2.75) is 0 Å². The number of amides is 1. The number of hydrogen-bond donors (Lipinski definition) is 2. The number of nitrogens with zero attached hydrogens (tertiary/aromatic N) is 1. The van der Waals surface area contributed by atoms with E-state index in [4.69, 9.17) is 5.11 Å². The summed E-state index contributed by atoms with van der Waals surface area (Å²) in [5, 5.41) is 11.5. The fourth-order valence-corrected chi connectivity index (χ4v) is 1.56. The molecule has 0 unspecified atom stereocenters. The average molecular weight is 268 g/mol. The van der Waals surface area contributed by atoms with Crippen LogP contribution in [-0.2, 0) is 4.79 Å². The second-order valence-electron chi connectivity index (χ2n) is 3.97. The van der Waals surface area contributed by atoms with Crippen molar-refractivity contribution in [1.29, 1.82) is 0 Å². The first kappa shape index (κ1) is 13.5. The Balaban J connectivity index is 2.21. The zero-order valence-corrected chi connectivity index (χ0v) is 10.5. The lowest BCUT2D eigenvalue weighted by molar-refractivity contribution is -0.132. The van der Waals surface area contributed by atoms with Gasteiger partial charge in [0.05, 0.1) is 0 Å². The highest BCUT2D eigenvalue weighted by Gasteiger charge is 2.12. The third-order valence-corrected chi connectivity index (χ3v) is 2.51. The molecule has 0 bridgehead atoms. The Bertz CT molecular complexity index is 637. The van der Waals surface area contributed by atoms with Crippen molar-refractivity contribution in [3.8, 4) is 0 Å². The number of aliphatic carboxylic acids is 1. The van der Waals surface area contributed by atoms with Crippen LogP contribution in [0, 0.1) is 0 Å². The molecule has 0 aliphatic rings. The van der Waals surface area contributed by atoms with Crippen LogP contribution in [0.25, 0.3) is 6.08 Å². The van der Waals surface area contributed by atoms with Crippen molar-refractivity contribution in [2.24, 2.45) is 0 Å². The number of nitrogens with one attached hydrogen (secondary N) is 1. The van der Waals surface area contributed by atoms with Gasteiger partial charge in [-0.25, -0.2) is 4.79 Å². The van der Waals surface area contributed by atoms with Gasteiger partial charge in [-0.15, -0.1) is 0 Å². The quantitative estimate of drug-likeness (QED) is 0.830. The Kier molecular flexibility index (Phi) is 4.24. The van der Waals surface area contributed by atoms with Gasteiger partial charge in [-0.2, -0.15) is 0 Å². The maximum Gasteiger partial charge on any atom is 0.352 e. The van der Waals surface area contributed by atoms with Crippen LogP contribution < -0.4 is 5.32 Å². The van der Waals surface area contributed by atoms with Crippen LogP contribution in [0.4, 0.5) is 0 Å². The predicted octanol–water partition coefficient (Wildman–Crippen LogP) is 1.94. The summed E-state index contributed by atoms with van der Waals surface area (Å²) in [5.41, 5.74) is 0.788. The van der Waals surface area contributed by atoms with E-state index in [2.05, 4.69) is 10.3 Å². The molecule has 0 fully saturated rings. The molecule has 0 aliphatic carbocycles. The van der Waals surface area contributed by atoms with Gasteiger partial charge >= 0.3 is 5.97 Å². The average Bonchev–Trinajstić information content (AvgIpc) is 2.48. The maximum atomic E-state index is 11.9. The van der Waals surface area contributed by atoms with E-state index in [1.807, 2.05) is 0 Å². The highest BCUT2D eigenvalue weighted by atomic mass is 16.4. The van der Waals surface area contributed by atoms with Gasteiger partial charge in [-0.1, -0.05) is 24.3 Å². The highest BCUT2D eigenvalue weighted by molar-refractivity contribution is 6.02. The Morgan fingerprint density at radius 1 is 1.10 bits per heavy atom. The molecule has 1 heterocycles. The fourth-order valence-electron chi connectivity index (χ4n) is 1.56. The van der Waals surface area contributed by atoms with Crippen LogP contribution in [0.5, 0.6) is 0 Å². The highest BCUT2D eigenvalue weighted by Crippen LogP contribution is 2.05. The number of hydrogen-bond acceptors (Lipinski definition) is 3. The van der Waals surface area contributed by atoms with Crippen molar-refractivity contribution in [3.63, 3.8) is 0 Å². The number of carbonyl (C=O) groups excluding carboxylic acids is 1. The van der Waals surface area contributed by atoms with Crippen LogP contribution in [0.1, 0.15) is 15.9 Å². The first-order chi connectivity index (χ1) is 9.66. The summed E-state index contributed by atoms with van der Waals surface area (Å²) in [4.78, 5) is 27.0. The molecule has 2 N–H and O–H groups in total. The SMILES string of the molecule is O=C(O)C(=Cc1cccnc1)NC(=O)c1ccccc1. The molecule has 1 aromatic heterocycles. The van der Waals surface area contributed by atoms with Crippen molar-refractivity contribution < 1.29 is 14.7 Å². The standard InChI is InChI=1S/C15H12N2O3/c18-14(12-6-2-1-3-7-12)17-13(15(19)20)9-11-5-4-8-16-10-11/h1-10H,(H,17,18)(H,19,20). The van der Waals surface area contributed by atoms with Gasteiger partial charge in [-0.3, -0.25) is 9.78 Å².